The standard InChI is InChI=1S/C14H22N2O/c1-4-12-14(10(3)17)13(5-2)16(15-12)9-8-11-6-7-11/h11H,4-9H2,1-3H3. The molecule has 0 aliphatic heterocycles. The molecule has 0 amide bonds. The van der Waals surface area contributed by atoms with E-state index >= 15 is 0 Å². The first kappa shape index (κ1) is 12.3. The van der Waals surface area contributed by atoms with Crippen molar-refractivity contribution >= 4 is 5.78 Å². The summed E-state index contributed by atoms with van der Waals surface area (Å²) in [5, 5.41) is 4.62. The van der Waals surface area contributed by atoms with Crippen LogP contribution in [0.15, 0.2) is 0 Å². The van der Waals surface area contributed by atoms with Crippen molar-refractivity contribution in [2.45, 2.75) is 59.4 Å². The molecule has 1 aromatic rings. The highest BCUT2D eigenvalue weighted by Crippen LogP contribution is 2.33. The zero-order chi connectivity index (χ0) is 12.4. The molecular formula is C14H22N2O. The lowest BCUT2D eigenvalue weighted by Crippen LogP contribution is -2.07. The van der Waals surface area contributed by atoms with Gasteiger partial charge in [0.15, 0.2) is 5.78 Å². The number of aryl methyl sites for hydroxylation is 2. The van der Waals surface area contributed by atoms with Gasteiger partial charge in [0.1, 0.15) is 0 Å². The van der Waals surface area contributed by atoms with Crippen LogP contribution in [0.25, 0.3) is 0 Å². The summed E-state index contributed by atoms with van der Waals surface area (Å²) in [6.07, 6.45) is 5.71. The van der Waals surface area contributed by atoms with Gasteiger partial charge in [0.25, 0.3) is 0 Å². The first-order valence-corrected chi connectivity index (χ1v) is 6.76. The van der Waals surface area contributed by atoms with Gasteiger partial charge in [-0.1, -0.05) is 26.7 Å². The van der Waals surface area contributed by atoms with Crippen molar-refractivity contribution in [1.82, 2.24) is 9.78 Å². The molecule has 3 heteroatoms. The van der Waals surface area contributed by atoms with Gasteiger partial charge in [-0.25, -0.2) is 0 Å². The lowest BCUT2D eigenvalue weighted by molar-refractivity contribution is 0.101. The fourth-order valence-electron chi connectivity index (χ4n) is 2.46. The number of hydrogen-bond donors (Lipinski definition) is 0. The molecule has 3 nitrogen and oxygen atoms in total. The minimum Gasteiger partial charge on any atom is -0.294 e. The van der Waals surface area contributed by atoms with Crippen LogP contribution in [0.3, 0.4) is 0 Å². The molecule has 2 rings (SSSR count). The minimum absolute atomic E-state index is 0.163. The van der Waals surface area contributed by atoms with Crippen LogP contribution in [0.5, 0.6) is 0 Å². The van der Waals surface area contributed by atoms with Gasteiger partial charge < -0.3 is 0 Å². The Labute approximate surface area is 103 Å². The highest BCUT2D eigenvalue weighted by molar-refractivity contribution is 5.96. The van der Waals surface area contributed by atoms with E-state index in [-0.39, 0.29) is 5.78 Å². The van der Waals surface area contributed by atoms with Gasteiger partial charge in [0, 0.05) is 12.2 Å². The molecule has 1 aromatic heterocycles. The van der Waals surface area contributed by atoms with Crippen LogP contribution in [0.2, 0.25) is 0 Å². The average Bonchev–Trinajstić information content (AvgIpc) is 3.05. The molecule has 0 N–H and O–H groups in total. The second-order valence-corrected chi connectivity index (χ2v) is 4.99. The highest BCUT2D eigenvalue weighted by Gasteiger charge is 2.23. The summed E-state index contributed by atoms with van der Waals surface area (Å²) in [6, 6.07) is 0. The van der Waals surface area contributed by atoms with Crippen LogP contribution in [-0.2, 0) is 19.4 Å². The molecule has 1 fully saturated rings. The van der Waals surface area contributed by atoms with Crippen molar-refractivity contribution in [3.63, 3.8) is 0 Å². The SMILES string of the molecule is CCc1nn(CCC2CC2)c(CC)c1C(C)=O. The Balaban J connectivity index is 2.26. The molecule has 1 aliphatic carbocycles. The maximum atomic E-state index is 11.7. The van der Waals surface area contributed by atoms with Crippen molar-refractivity contribution in [2.24, 2.45) is 5.92 Å². The molecule has 0 saturated heterocycles. The van der Waals surface area contributed by atoms with E-state index in [9.17, 15) is 4.79 Å². The quantitative estimate of drug-likeness (QED) is 0.709. The third kappa shape index (κ3) is 2.59. The Hall–Kier alpha value is -1.12. The summed E-state index contributed by atoms with van der Waals surface area (Å²) in [5.74, 6) is 1.08. The monoisotopic (exact) mass is 234 g/mol. The third-order valence-electron chi connectivity index (χ3n) is 3.60. The lowest BCUT2D eigenvalue weighted by atomic mass is 10.1. The van der Waals surface area contributed by atoms with Crippen molar-refractivity contribution in [2.75, 3.05) is 0 Å². The van der Waals surface area contributed by atoms with Gasteiger partial charge in [-0.05, 0) is 32.1 Å². The number of Topliss-reactive ketones (excluding diaryl/α,β-unsaturated/α-hetero) is 1. The maximum absolute atomic E-state index is 11.7. The second-order valence-electron chi connectivity index (χ2n) is 4.99. The minimum atomic E-state index is 0.163. The fraction of sp³-hybridized carbons (Fsp3) is 0.714. The van der Waals surface area contributed by atoms with Gasteiger partial charge in [-0.3, -0.25) is 9.48 Å². The number of ketones is 1. The Morgan fingerprint density at radius 2 is 2.06 bits per heavy atom. The second kappa shape index (κ2) is 5.03. The molecule has 0 radical (unpaired) electrons. The van der Waals surface area contributed by atoms with Gasteiger partial charge in [-0.15, -0.1) is 0 Å². The molecule has 1 heterocycles. The molecule has 94 valence electrons. The van der Waals surface area contributed by atoms with Gasteiger partial charge in [-0.2, -0.15) is 5.10 Å². The van der Waals surface area contributed by atoms with Crippen LogP contribution < -0.4 is 0 Å². The van der Waals surface area contributed by atoms with Crippen molar-refractivity contribution in [3.8, 4) is 0 Å². The molecule has 1 saturated carbocycles. The van der Waals surface area contributed by atoms with E-state index < -0.39 is 0 Å². The topological polar surface area (TPSA) is 34.9 Å². The molecule has 1 aliphatic rings. The van der Waals surface area contributed by atoms with Crippen LogP contribution in [0.1, 0.15) is 61.8 Å². The molecule has 0 bridgehead atoms. The van der Waals surface area contributed by atoms with E-state index in [0.29, 0.717) is 0 Å². The van der Waals surface area contributed by atoms with Crippen LogP contribution in [0, 0.1) is 5.92 Å². The maximum Gasteiger partial charge on any atom is 0.163 e. The predicted octanol–water partition coefficient (Wildman–Crippen LogP) is 3.01. The molecule has 0 unspecified atom stereocenters. The zero-order valence-electron chi connectivity index (χ0n) is 11.1. The number of carbonyl (C=O) groups is 1. The first-order valence-electron chi connectivity index (χ1n) is 6.76. The Morgan fingerprint density at radius 1 is 1.35 bits per heavy atom. The summed E-state index contributed by atoms with van der Waals surface area (Å²) in [7, 11) is 0. The van der Waals surface area contributed by atoms with Gasteiger partial charge in [0.05, 0.1) is 11.3 Å². The van der Waals surface area contributed by atoms with Crippen molar-refractivity contribution < 1.29 is 4.79 Å². The zero-order valence-corrected chi connectivity index (χ0v) is 11.1. The number of nitrogens with zero attached hydrogens (tertiary/aromatic N) is 2. The van der Waals surface area contributed by atoms with Crippen LogP contribution >= 0.6 is 0 Å². The Kier molecular flexibility index (Phi) is 3.65. The highest BCUT2D eigenvalue weighted by atomic mass is 16.1. The lowest BCUT2D eigenvalue weighted by Gasteiger charge is -2.06. The number of hydrogen-bond acceptors (Lipinski definition) is 2. The summed E-state index contributed by atoms with van der Waals surface area (Å²) in [4.78, 5) is 11.7. The van der Waals surface area contributed by atoms with E-state index in [1.54, 1.807) is 6.92 Å². The molecular weight excluding hydrogens is 212 g/mol. The molecule has 0 atom stereocenters. The number of aromatic nitrogens is 2. The summed E-state index contributed by atoms with van der Waals surface area (Å²) < 4.78 is 2.08. The first-order chi connectivity index (χ1) is 8.17. The predicted molar refractivity (Wildman–Crippen MR) is 68.3 cm³/mol. The van der Waals surface area contributed by atoms with Crippen LogP contribution in [-0.4, -0.2) is 15.6 Å². The van der Waals surface area contributed by atoms with Gasteiger partial charge in [0.2, 0.25) is 0 Å². The van der Waals surface area contributed by atoms with Crippen molar-refractivity contribution in [1.29, 1.82) is 0 Å². The fourth-order valence-corrected chi connectivity index (χ4v) is 2.46. The smallest absolute Gasteiger partial charge is 0.163 e. The molecule has 0 aromatic carbocycles. The number of rotatable bonds is 6. The normalized spacial score (nSPS) is 15.2. The van der Waals surface area contributed by atoms with E-state index in [1.165, 1.54) is 19.3 Å². The Bertz CT molecular complexity index is 416. The largest absolute Gasteiger partial charge is 0.294 e. The number of carbonyl (C=O) groups excluding carboxylic acids is 1. The average molecular weight is 234 g/mol. The van der Waals surface area contributed by atoms with E-state index in [0.717, 1.165) is 42.3 Å². The van der Waals surface area contributed by atoms with Crippen molar-refractivity contribution in [3.05, 3.63) is 17.0 Å². The summed E-state index contributed by atoms with van der Waals surface area (Å²) in [5.41, 5.74) is 2.99. The summed E-state index contributed by atoms with van der Waals surface area (Å²) >= 11 is 0. The van der Waals surface area contributed by atoms with E-state index in [4.69, 9.17) is 0 Å². The summed E-state index contributed by atoms with van der Waals surface area (Å²) in [6.45, 7) is 6.81. The Morgan fingerprint density at radius 3 is 2.53 bits per heavy atom. The molecule has 17 heavy (non-hydrogen) atoms. The third-order valence-corrected chi connectivity index (χ3v) is 3.60. The van der Waals surface area contributed by atoms with Crippen LogP contribution in [0.4, 0.5) is 0 Å². The van der Waals surface area contributed by atoms with E-state index in [1.807, 2.05) is 0 Å². The van der Waals surface area contributed by atoms with Gasteiger partial charge >= 0.3 is 0 Å². The van der Waals surface area contributed by atoms with E-state index in [2.05, 4.69) is 23.6 Å². The molecule has 0 spiro atoms.